The Kier molecular flexibility index (Phi) is 1.89. The molecular formula is C9H10ClN3O. The first kappa shape index (κ1) is 9.27. The van der Waals surface area contributed by atoms with Crippen LogP contribution in [0.25, 0.3) is 11.0 Å². The number of hydrogen-bond donors (Lipinski definition) is 1. The molecule has 0 aliphatic carbocycles. The molecule has 4 nitrogen and oxygen atoms in total. The summed E-state index contributed by atoms with van der Waals surface area (Å²) in [7, 11) is 1.79. The van der Waals surface area contributed by atoms with Gasteiger partial charge in [-0.2, -0.15) is 5.10 Å². The van der Waals surface area contributed by atoms with Crippen LogP contribution in [0, 0.1) is 13.8 Å². The Morgan fingerprint density at radius 1 is 1.43 bits per heavy atom. The Hall–Kier alpha value is -1.29. The van der Waals surface area contributed by atoms with Gasteiger partial charge in [0.1, 0.15) is 10.7 Å². The zero-order chi connectivity index (χ0) is 10.5. The van der Waals surface area contributed by atoms with E-state index in [4.69, 9.17) is 11.6 Å². The summed E-state index contributed by atoms with van der Waals surface area (Å²) in [4.78, 5) is 14.1. The molecule has 0 saturated carbocycles. The second-order valence-corrected chi connectivity index (χ2v) is 3.70. The molecule has 0 aliphatic rings. The van der Waals surface area contributed by atoms with E-state index >= 15 is 0 Å². The molecule has 0 radical (unpaired) electrons. The molecule has 0 atom stereocenters. The molecule has 0 aliphatic heterocycles. The quantitative estimate of drug-likeness (QED) is 0.719. The van der Waals surface area contributed by atoms with Gasteiger partial charge in [0.05, 0.1) is 5.69 Å². The van der Waals surface area contributed by atoms with Crippen molar-refractivity contribution in [1.82, 2.24) is 14.8 Å². The number of nitrogens with one attached hydrogen (secondary N) is 1. The van der Waals surface area contributed by atoms with Crippen molar-refractivity contribution in [3.8, 4) is 0 Å². The van der Waals surface area contributed by atoms with E-state index in [-0.39, 0.29) is 10.6 Å². The number of H-pyrrole nitrogens is 1. The Morgan fingerprint density at radius 2 is 2.07 bits per heavy atom. The highest BCUT2D eigenvalue weighted by Gasteiger charge is 2.12. The normalized spacial score (nSPS) is 11.1. The first-order valence-electron chi connectivity index (χ1n) is 4.24. The van der Waals surface area contributed by atoms with Crippen LogP contribution in [-0.2, 0) is 7.05 Å². The highest BCUT2D eigenvalue weighted by atomic mass is 35.5. The van der Waals surface area contributed by atoms with Gasteiger partial charge in [0.2, 0.25) is 0 Å². The molecule has 2 heterocycles. The van der Waals surface area contributed by atoms with Crippen LogP contribution in [0.4, 0.5) is 0 Å². The van der Waals surface area contributed by atoms with Gasteiger partial charge in [0.15, 0.2) is 0 Å². The number of halogens is 1. The molecule has 2 aromatic heterocycles. The van der Waals surface area contributed by atoms with Crippen LogP contribution in [0.2, 0.25) is 5.02 Å². The third-order valence-corrected chi connectivity index (χ3v) is 2.81. The molecule has 2 rings (SSSR count). The van der Waals surface area contributed by atoms with Crippen molar-refractivity contribution in [3.05, 3.63) is 26.6 Å². The Bertz CT molecular complexity index is 567. The van der Waals surface area contributed by atoms with Gasteiger partial charge in [-0.1, -0.05) is 11.6 Å². The summed E-state index contributed by atoms with van der Waals surface area (Å²) in [5.41, 5.74) is 2.11. The SMILES string of the molecule is Cc1nn(C)c2[nH]c(=O)c(Cl)c(C)c12. The first-order chi connectivity index (χ1) is 6.52. The molecule has 0 unspecified atom stereocenters. The zero-order valence-electron chi connectivity index (χ0n) is 8.18. The maximum Gasteiger partial charge on any atom is 0.268 e. The van der Waals surface area contributed by atoms with Crippen LogP contribution in [0.1, 0.15) is 11.3 Å². The molecule has 1 N–H and O–H groups in total. The van der Waals surface area contributed by atoms with Gasteiger partial charge in [-0.05, 0) is 19.4 Å². The summed E-state index contributed by atoms with van der Waals surface area (Å²) < 4.78 is 1.65. The van der Waals surface area contributed by atoms with E-state index in [1.807, 2.05) is 13.8 Å². The Balaban J connectivity index is 3.09. The molecular weight excluding hydrogens is 202 g/mol. The van der Waals surface area contributed by atoms with Crippen molar-refractivity contribution in [2.24, 2.45) is 7.05 Å². The number of aromatic nitrogens is 3. The average Bonchev–Trinajstić information content (AvgIpc) is 2.38. The fourth-order valence-corrected chi connectivity index (χ4v) is 1.83. The van der Waals surface area contributed by atoms with Gasteiger partial charge in [-0.15, -0.1) is 0 Å². The number of rotatable bonds is 0. The summed E-state index contributed by atoms with van der Waals surface area (Å²) >= 11 is 5.86. The highest BCUT2D eigenvalue weighted by Crippen LogP contribution is 2.22. The van der Waals surface area contributed by atoms with E-state index in [1.54, 1.807) is 11.7 Å². The van der Waals surface area contributed by atoms with Crippen LogP contribution in [-0.4, -0.2) is 14.8 Å². The number of hydrogen-bond acceptors (Lipinski definition) is 2. The van der Waals surface area contributed by atoms with Crippen molar-refractivity contribution >= 4 is 22.6 Å². The summed E-state index contributed by atoms with van der Waals surface area (Å²) in [6.07, 6.45) is 0. The van der Waals surface area contributed by atoms with Crippen LogP contribution in [0.15, 0.2) is 4.79 Å². The standard InChI is InChI=1S/C9H10ClN3O/c1-4-6-5(2)12-13(3)8(6)11-9(14)7(4)10/h1-3H3,(H,11,14). The van der Waals surface area contributed by atoms with Gasteiger partial charge >= 0.3 is 0 Å². The van der Waals surface area contributed by atoms with Gasteiger partial charge in [-0.25, -0.2) is 0 Å². The molecule has 0 saturated heterocycles. The third-order valence-electron chi connectivity index (χ3n) is 2.36. The molecule has 0 aromatic carbocycles. The molecule has 0 fully saturated rings. The topological polar surface area (TPSA) is 50.7 Å². The Labute approximate surface area is 85.5 Å². The lowest BCUT2D eigenvalue weighted by Gasteiger charge is -1.99. The van der Waals surface area contributed by atoms with Gasteiger partial charge in [0, 0.05) is 12.4 Å². The van der Waals surface area contributed by atoms with Crippen LogP contribution in [0.5, 0.6) is 0 Å². The van der Waals surface area contributed by atoms with Crippen molar-refractivity contribution in [2.45, 2.75) is 13.8 Å². The molecule has 14 heavy (non-hydrogen) atoms. The van der Waals surface area contributed by atoms with Gasteiger partial charge < -0.3 is 4.98 Å². The second-order valence-electron chi connectivity index (χ2n) is 3.33. The lowest BCUT2D eigenvalue weighted by molar-refractivity contribution is 0.772. The van der Waals surface area contributed by atoms with E-state index in [0.29, 0.717) is 0 Å². The maximum atomic E-state index is 11.4. The maximum absolute atomic E-state index is 11.4. The van der Waals surface area contributed by atoms with E-state index in [0.717, 1.165) is 22.3 Å². The number of fused-ring (bicyclic) bond motifs is 1. The lowest BCUT2D eigenvalue weighted by Crippen LogP contribution is -2.09. The fraction of sp³-hybridized carbons (Fsp3) is 0.333. The number of pyridine rings is 1. The summed E-state index contributed by atoms with van der Waals surface area (Å²) in [6, 6.07) is 0. The van der Waals surface area contributed by atoms with Crippen LogP contribution in [0.3, 0.4) is 0 Å². The Morgan fingerprint density at radius 3 is 2.71 bits per heavy atom. The predicted molar refractivity (Wildman–Crippen MR) is 55.8 cm³/mol. The zero-order valence-corrected chi connectivity index (χ0v) is 8.94. The molecule has 0 bridgehead atoms. The second kappa shape index (κ2) is 2.85. The van der Waals surface area contributed by atoms with Crippen LogP contribution >= 0.6 is 11.6 Å². The van der Waals surface area contributed by atoms with E-state index in [2.05, 4.69) is 10.1 Å². The third kappa shape index (κ3) is 1.07. The largest absolute Gasteiger partial charge is 0.305 e. The van der Waals surface area contributed by atoms with Crippen molar-refractivity contribution in [2.75, 3.05) is 0 Å². The minimum absolute atomic E-state index is 0.244. The van der Waals surface area contributed by atoms with E-state index in [1.165, 1.54) is 0 Å². The van der Waals surface area contributed by atoms with Crippen LogP contribution < -0.4 is 5.56 Å². The molecule has 2 aromatic rings. The smallest absolute Gasteiger partial charge is 0.268 e. The monoisotopic (exact) mass is 211 g/mol. The van der Waals surface area contributed by atoms with E-state index in [9.17, 15) is 4.79 Å². The van der Waals surface area contributed by atoms with Crippen molar-refractivity contribution in [1.29, 1.82) is 0 Å². The molecule has 74 valence electrons. The summed E-state index contributed by atoms with van der Waals surface area (Å²) in [5.74, 6) is 0. The van der Waals surface area contributed by atoms with E-state index < -0.39 is 0 Å². The number of nitrogens with zero attached hydrogens (tertiary/aromatic N) is 2. The summed E-state index contributed by atoms with van der Waals surface area (Å²) in [5, 5.41) is 5.39. The number of aromatic amines is 1. The van der Waals surface area contributed by atoms with Crippen molar-refractivity contribution in [3.63, 3.8) is 0 Å². The average molecular weight is 212 g/mol. The fourth-order valence-electron chi connectivity index (χ4n) is 1.69. The molecule has 0 amide bonds. The minimum Gasteiger partial charge on any atom is -0.305 e. The first-order valence-corrected chi connectivity index (χ1v) is 4.62. The lowest BCUT2D eigenvalue weighted by atomic mass is 10.2. The number of aryl methyl sites for hydroxylation is 3. The van der Waals surface area contributed by atoms with Crippen molar-refractivity contribution < 1.29 is 0 Å². The minimum atomic E-state index is -0.264. The summed E-state index contributed by atoms with van der Waals surface area (Å²) in [6.45, 7) is 3.72. The van der Waals surface area contributed by atoms with Gasteiger partial charge in [-0.3, -0.25) is 9.48 Å². The highest BCUT2D eigenvalue weighted by molar-refractivity contribution is 6.32. The predicted octanol–water partition coefficient (Wildman–Crippen LogP) is 1.53. The molecule has 5 heteroatoms. The molecule has 0 spiro atoms. The van der Waals surface area contributed by atoms with Gasteiger partial charge in [0.25, 0.3) is 5.56 Å².